The van der Waals surface area contributed by atoms with Crippen LogP contribution >= 0.6 is 0 Å². The topological polar surface area (TPSA) is 32.8 Å². The van der Waals surface area contributed by atoms with Crippen molar-refractivity contribution >= 4 is 5.78 Å². The van der Waals surface area contributed by atoms with Gasteiger partial charge in [0.15, 0.2) is 5.78 Å². The maximum atomic E-state index is 12.6. The number of ketones is 1. The number of hydrogen-bond donors (Lipinski definition) is 0. The van der Waals surface area contributed by atoms with Gasteiger partial charge in [-0.2, -0.15) is 0 Å². The molecule has 0 N–H and O–H groups in total. The average molecular weight is 381 g/mol. The first-order chi connectivity index (χ1) is 13.5. The number of ether oxygens (including phenoxy) is 1. The Morgan fingerprint density at radius 1 is 0.893 bits per heavy atom. The number of rotatable bonds is 8. The third-order valence-corrected chi connectivity index (χ3v) is 5.63. The van der Waals surface area contributed by atoms with Crippen LogP contribution in [0.4, 0.5) is 0 Å². The van der Waals surface area contributed by atoms with Crippen LogP contribution < -0.4 is 0 Å². The van der Waals surface area contributed by atoms with Crippen LogP contribution in [0.15, 0.2) is 60.7 Å². The molecule has 0 aromatic heterocycles. The van der Waals surface area contributed by atoms with Crippen molar-refractivity contribution in [2.24, 2.45) is 5.92 Å². The fourth-order valence-corrected chi connectivity index (χ4v) is 3.85. The Bertz CT molecular complexity index is 727. The lowest BCUT2D eigenvalue weighted by Crippen LogP contribution is -2.51. The van der Waals surface area contributed by atoms with E-state index in [4.69, 9.17) is 4.74 Å². The minimum absolute atomic E-state index is 0.0146. The molecule has 0 radical (unpaired) electrons. The van der Waals surface area contributed by atoms with E-state index in [2.05, 4.69) is 47.9 Å². The minimum Gasteiger partial charge on any atom is -0.356 e. The van der Waals surface area contributed by atoms with Gasteiger partial charge in [0.25, 0.3) is 0 Å². The van der Waals surface area contributed by atoms with E-state index in [0.717, 1.165) is 38.3 Å². The second-order valence-corrected chi connectivity index (χ2v) is 7.76. The van der Waals surface area contributed by atoms with Crippen molar-refractivity contribution in [2.45, 2.75) is 33.1 Å². The molecule has 1 fully saturated rings. The molecule has 3 unspecified atom stereocenters. The summed E-state index contributed by atoms with van der Waals surface area (Å²) >= 11 is 0. The summed E-state index contributed by atoms with van der Waals surface area (Å²) in [7, 11) is 0. The van der Waals surface area contributed by atoms with Crippen LogP contribution in [0.1, 0.15) is 42.8 Å². The van der Waals surface area contributed by atoms with Crippen molar-refractivity contribution in [3.05, 3.63) is 71.8 Å². The molecule has 0 spiro atoms. The summed E-state index contributed by atoms with van der Waals surface area (Å²) in [6.07, 6.45) is 0.165. The van der Waals surface area contributed by atoms with Gasteiger partial charge in [-0.3, -0.25) is 9.69 Å². The highest BCUT2D eigenvalue weighted by Gasteiger charge is 2.25. The van der Waals surface area contributed by atoms with Gasteiger partial charge in [-0.15, -0.1) is 0 Å². The molecule has 3 rings (SSSR count). The van der Waals surface area contributed by atoms with Crippen LogP contribution in [0.3, 0.4) is 0 Å². The summed E-state index contributed by atoms with van der Waals surface area (Å²) in [5.74, 6) is 0.247. The molecule has 4 nitrogen and oxygen atoms in total. The largest absolute Gasteiger partial charge is 0.356 e. The van der Waals surface area contributed by atoms with Crippen LogP contribution in [0.25, 0.3) is 0 Å². The van der Waals surface area contributed by atoms with E-state index < -0.39 is 0 Å². The van der Waals surface area contributed by atoms with Gasteiger partial charge in [0.05, 0.1) is 6.10 Å². The Labute approximate surface area is 169 Å². The molecule has 150 valence electrons. The van der Waals surface area contributed by atoms with E-state index >= 15 is 0 Å². The summed E-state index contributed by atoms with van der Waals surface area (Å²) in [6.45, 7) is 11.0. The number of hydrogen-bond acceptors (Lipinski definition) is 4. The highest BCUT2D eigenvalue weighted by atomic mass is 16.5. The van der Waals surface area contributed by atoms with Crippen LogP contribution in [-0.4, -0.2) is 54.5 Å². The molecule has 0 saturated carbocycles. The van der Waals surface area contributed by atoms with E-state index in [1.807, 2.05) is 43.3 Å². The second kappa shape index (κ2) is 9.97. The number of piperazine rings is 1. The Kier molecular flexibility index (Phi) is 7.37. The molecule has 1 aliphatic rings. The zero-order valence-electron chi connectivity index (χ0n) is 17.3. The molecular formula is C24H32N2O2. The van der Waals surface area contributed by atoms with Crippen molar-refractivity contribution in [3.8, 4) is 0 Å². The Hall–Kier alpha value is -2.01. The highest BCUT2D eigenvalue weighted by molar-refractivity contribution is 5.97. The lowest BCUT2D eigenvalue weighted by atomic mass is 9.98. The normalized spacial score (nSPS) is 19.1. The maximum absolute atomic E-state index is 12.6. The standard InChI is InChI=1S/C24H32N2O2/c1-19(24(27)23-12-8-5-9-13-23)18-25-14-16-26(17-15-25)21(3)28-20(2)22-10-6-4-7-11-22/h4-13,19-21H,14-18H2,1-3H3. The number of benzene rings is 2. The molecule has 1 aliphatic heterocycles. The van der Waals surface area contributed by atoms with Crippen LogP contribution in [-0.2, 0) is 4.74 Å². The quantitative estimate of drug-likeness (QED) is 0.641. The molecule has 1 heterocycles. The van der Waals surface area contributed by atoms with Gasteiger partial charge in [-0.1, -0.05) is 67.6 Å². The van der Waals surface area contributed by atoms with Gasteiger partial charge < -0.3 is 9.64 Å². The minimum atomic E-state index is 0.0146. The molecule has 28 heavy (non-hydrogen) atoms. The number of nitrogens with zero attached hydrogens (tertiary/aromatic N) is 2. The predicted molar refractivity (Wildman–Crippen MR) is 113 cm³/mol. The van der Waals surface area contributed by atoms with Crippen molar-refractivity contribution in [2.75, 3.05) is 32.7 Å². The Morgan fingerprint density at radius 2 is 1.46 bits per heavy atom. The van der Waals surface area contributed by atoms with E-state index in [0.29, 0.717) is 0 Å². The molecule has 2 aromatic rings. The van der Waals surface area contributed by atoms with Gasteiger partial charge in [0, 0.05) is 44.2 Å². The van der Waals surface area contributed by atoms with Crippen LogP contribution in [0.2, 0.25) is 0 Å². The average Bonchev–Trinajstić information content (AvgIpc) is 2.74. The smallest absolute Gasteiger partial charge is 0.166 e. The fourth-order valence-electron chi connectivity index (χ4n) is 3.85. The van der Waals surface area contributed by atoms with Gasteiger partial charge in [0.1, 0.15) is 6.23 Å². The molecule has 2 aromatic carbocycles. The monoisotopic (exact) mass is 380 g/mol. The molecule has 1 saturated heterocycles. The summed E-state index contributed by atoms with van der Waals surface area (Å²) in [6, 6.07) is 20.0. The molecule has 0 amide bonds. The molecule has 3 atom stereocenters. The maximum Gasteiger partial charge on any atom is 0.166 e. The fraction of sp³-hybridized carbons (Fsp3) is 0.458. The summed E-state index contributed by atoms with van der Waals surface area (Å²) in [4.78, 5) is 17.4. The van der Waals surface area contributed by atoms with Crippen molar-refractivity contribution in [3.63, 3.8) is 0 Å². The van der Waals surface area contributed by atoms with Crippen LogP contribution in [0.5, 0.6) is 0 Å². The van der Waals surface area contributed by atoms with E-state index in [9.17, 15) is 4.79 Å². The zero-order valence-corrected chi connectivity index (χ0v) is 17.3. The van der Waals surface area contributed by atoms with Gasteiger partial charge >= 0.3 is 0 Å². The lowest BCUT2D eigenvalue weighted by Gasteiger charge is -2.39. The summed E-state index contributed by atoms with van der Waals surface area (Å²) in [5.41, 5.74) is 2.02. The van der Waals surface area contributed by atoms with Crippen LogP contribution in [0, 0.1) is 5.92 Å². The first-order valence-corrected chi connectivity index (χ1v) is 10.3. The SMILES string of the molecule is CC(CN1CCN(C(C)OC(C)c2ccccc2)CC1)C(=O)c1ccccc1. The summed E-state index contributed by atoms with van der Waals surface area (Å²) in [5, 5.41) is 0. The second-order valence-electron chi connectivity index (χ2n) is 7.76. The summed E-state index contributed by atoms with van der Waals surface area (Å²) < 4.78 is 6.24. The van der Waals surface area contributed by atoms with Crippen molar-refractivity contribution < 1.29 is 9.53 Å². The number of Topliss-reactive ketones (excluding diaryl/α,β-unsaturated/α-hetero) is 1. The Morgan fingerprint density at radius 3 is 2.07 bits per heavy atom. The highest BCUT2D eigenvalue weighted by Crippen LogP contribution is 2.20. The van der Waals surface area contributed by atoms with Crippen molar-refractivity contribution in [1.29, 1.82) is 0 Å². The third-order valence-electron chi connectivity index (χ3n) is 5.63. The van der Waals surface area contributed by atoms with Gasteiger partial charge in [0.2, 0.25) is 0 Å². The van der Waals surface area contributed by atoms with E-state index in [1.54, 1.807) is 0 Å². The third kappa shape index (κ3) is 5.51. The van der Waals surface area contributed by atoms with Crippen molar-refractivity contribution in [1.82, 2.24) is 9.80 Å². The molecule has 0 aliphatic carbocycles. The molecule has 4 heteroatoms. The molecule has 0 bridgehead atoms. The number of carbonyl (C=O) groups excluding carboxylic acids is 1. The predicted octanol–water partition coefficient (Wildman–Crippen LogP) is 4.25. The van der Waals surface area contributed by atoms with E-state index in [-0.39, 0.29) is 24.0 Å². The lowest BCUT2D eigenvalue weighted by molar-refractivity contribution is -0.0976. The van der Waals surface area contributed by atoms with E-state index in [1.165, 1.54) is 5.56 Å². The Balaban J connectivity index is 1.44. The molecular weight excluding hydrogens is 348 g/mol. The zero-order chi connectivity index (χ0) is 19.9. The number of carbonyl (C=O) groups is 1. The first-order valence-electron chi connectivity index (χ1n) is 10.3. The van der Waals surface area contributed by atoms with Gasteiger partial charge in [-0.25, -0.2) is 0 Å². The first kappa shape index (κ1) is 20.7. The van der Waals surface area contributed by atoms with Gasteiger partial charge in [-0.05, 0) is 19.4 Å².